The molecular formula is C49H79N12O18P. The van der Waals surface area contributed by atoms with Crippen molar-refractivity contribution in [3.05, 3.63) is 59.7 Å². The van der Waals surface area contributed by atoms with E-state index in [2.05, 4.69) is 42.2 Å². The molecule has 0 bridgehead atoms. The SMILES string of the molecule is CC[C@H](C)[C@H](NC(=O)[C@@H](N)[C@@H](C)O)C(=O)N[C@H](C(=O)N[C@@H](CO)C(=O)N[C@@H](COP(=O)([O-])OCC[N+](C)(C)C)C(=O)N[C@@H](Cc1ccc(O)cc1)C(=O)N[C@@H](Cc1ccc(O)cc1)C(=O)N[C@@H](CCCN=C(N)N)C(=O)O)[C@@H](C)O. The zero-order valence-electron chi connectivity index (χ0n) is 45.7. The van der Waals surface area contributed by atoms with Crippen molar-refractivity contribution in [3.8, 4) is 11.5 Å². The number of guanidine groups is 1. The average molecular weight is 1160 g/mol. The first kappa shape index (κ1) is 69.1. The van der Waals surface area contributed by atoms with E-state index in [1.807, 2.05) is 0 Å². The Morgan fingerprint density at radius 2 is 1.09 bits per heavy atom. The number of amides is 7. The van der Waals surface area contributed by atoms with E-state index in [1.54, 1.807) is 35.0 Å². The summed E-state index contributed by atoms with van der Waals surface area (Å²) < 4.78 is 23.3. The van der Waals surface area contributed by atoms with Gasteiger partial charge >= 0.3 is 5.97 Å². The average Bonchev–Trinajstić information content (AvgIpc) is 3.37. The number of nitrogens with zero attached hydrogens (tertiary/aromatic N) is 2. The number of hydrogen-bond acceptors (Lipinski definition) is 19. The number of carboxylic acid groups (broad SMARTS) is 1. The highest BCUT2D eigenvalue weighted by molar-refractivity contribution is 7.45. The van der Waals surface area contributed by atoms with Crippen molar-refractivity contribution in [1.82, 2.24) is 37.2 Å². The second-order valence-electron chi connectivity index (χ2n) is 20.0. The number of phosphoric acid groups is 1. The third-order valence-electron chi connectivity index (χ3n) is 12.1. The van der Waals surface area contributed by atoms with Gasteiger partial charge in [-0.1, -0.05) is 44.5 Å². The summed E-state index contributed by atoms with van der Waals surface area (Å²) in [5.41, 5.74) is 17.1. The number of aliphatic hydroxyl groups excluding tert-OH is 3. The normalized spacial score (nSPS) is 16.4. The molecule has 0 saturated carbocycles. The van der Waals surface area contributed by atoms with Gasteiger partial charge in [0.2, 0.25) is 41.4 Å². The molecule has 0 fully saturated rings. The maximum absolute atomic E-state index is 14.5. The Hall–Kier alpha value is -7.02. The van der Waals surface area contributed by atoms with Crippen LogP contribution in [0.3, 0.4) is 0 Å². The summed E-state index contributed by atoms with van der Waals surface area (Å²) in [6, 6.07) is -3.06. The van der Waals surface area contributed by atoms with Crippen molar-refractivity contribution in [2.24, 2.45) is 28.1 Å². The van der Waals surface area contributed by atoms with Crippen LogP contribution in [0.4, 0.5) is 0 Å². The Labute approximate surface area is 462 Å². The number of phosphoric ester groups is 1. The molecule has 12 atom stereocenters. The Kier molecular flexibility index (Phi) is 28.4. The van der Waals surface area contributed by atoms with Gasteiger partial charge in [-0.15, -0.1) is 0 Å². The van der Waals surface area contributed by atoms with E-state index < -0.39 is 148 Å². The molecule has 7 amide bonds. The van der Waals surface area contributed by atoms with Crippen LogP contribution in [0.15, 0.2) is 53.5 Å². The maximum atomic E-state index is 14.5. The molecule has 80 heavy (non-hydrogen) atoms. The summed E-state index contributed by atoms with van der Waals surface area (Å²) >= 11 is 0. The van der Waals surface area contributed by atoms with Crippen LogP contribution in [0.5, 0.6) is 11.5 Å². The summed E-state index contributed by atoms with van der Waals surface area (Å²) in [6.07, 6.45) is -3.51. The molecule has 0 aliphatic heterocycles. The van der Waals surface area contributed by atoms with Crippen LogP contribution in [0.25, 0.3) is 0 Å². The first-order valence-electron chi connectivity index (χ1n) is 25.4. The largest absolute Gasteiger partial charge is 0.756 e. The lowest BCUT2D eigenvalue weighted by atomic mass is 9.97. The number of rotatable bonds is 35. The third-order valence-corrected chi connectivity index (χ3v) is 13.1. The summed E-state index contributed by atoms with van der Waals surface area (Å²) in [7, 11) is -0.0858. The molecule has 19 N–H and O–H groups in total. The zero-order chi connectivity index (χ0) is 60.7. The Morgan fingerprint density at radius 3 is 1.52 bits per heavy atom. The number of benzene rings is 2. The number of quaternary nitrogens is 1. The molecule has 2 rings (SSSR count). The number of aromatic hydroxyl groups is 2. The predicted molar refractivity (Wildman–Crippen MR) is 285 cm³/mol. The molecule has 2 aromatic rings. The summed E-state index contributed by atoms with van der Waals surface area (Å²) in [5, 5.41) is 77.1. The van der Waals surface area contributed by atoms with Gasteiger partial charge < -0.3 is 103 Å². The highest BCUT2D eigenvalue weighted by Gasteiger charge is 2.37. The molecule has 1 unspecified atom stereocenters. The number of aliphatic hydroxyl groups is 3. The Morgan fingerprint density at radius 1 is 0.650 bits per heavy atom. The smallest absolute Gasteiger partial charge is 0.326 e. The van der Waals surface area contributed by atoms with Crippen LogP contribution >= 0.6 is 7.82 Å². The highest BCUT2D eigenvalue weighted by Crippen LogP contribution is 2.38. The van der Waals surface area contributed by atoms with E-state index in [9.17, 15) is 78.5 Å². The molecule has 0 heterocycles. The van der Waals surface area contributed by atoms with E-state index in [1.165, 1.54) is 55.5 Å². The standard InChI is InChI=1S/C49H79N12O18P/c1-8-26(2)39(59-45(71)38(50)27(3)63)46(72)60-40(28(4)64)47(73)57-36(24-62)43(69)58-37(25-79-80(76,77)78-21-20-61(5,6)7)44(70)56-35(23-30-13-17-32(66)18-14-30)42(68)55-34(22-29-11-15-31(65)16-12-29)41(67)54-33(48(74)75)10-9-19-53-49(51)52/h11-18,26-28,33-40,62-64H,8-10,19-25,50H2,1-7H3,(H14-,51,52,53,54,55,56,57,58,59,60,65,66,67,68,69,70,71,72,73,74,75,76,77)/t26-,27+,28+,33-,34-,35-,36-,37-,38-,39-,40-/m0/s1. The summed E-state index contributed by atoms with van der Waals surface area (Å²) in [5.74, 6) is -10.7. The number of aliphatic imine (C=N–C) groups is 1. The van der Waals surface area contributed by atoms with Gasteiger partial charge in [0.15, 0.2) is 5.96 Å². The number of phenols is 2. The topological polar surface area (TPSA) is 491 Å². The molecule has 30 nitrogen and oxygen atoms in total. The molecule has 0 radical (unpaired) electrons. The molecule has 0 spiro atoms. The highest BCUT2D eigenvalue weighted by atomic mass is 31.2. The van der Waals surface area contributed by atoms with Crippen molar-refractivity contribution < 1.29 is 92.0 Å². The maximum Gasteiger partial charge on any atom is 0.326 e. The van der Waals surface area contributed by atoms with E-state index in [4.69, 9.17) is 26.2 Å². The Balaban J connectivity index is 2.61. The molecule has 2 aromatic carbocycles. The molecular weight excluding hydrogens is 1080 g/mol. The number of carboxylic acids is 1. The molecule has 0 aromatic heterocycles. The second-order valence-corrected chi connectivity index (χ2v) is 21.4. The van der Waals surface area contributed by atoms with E-state index in [0.29, 0.717) is 12.0 Å². The van der Waals surface area contributed by atoms with Crippen molar-refractivity contribution in [2.75, 3.05) is 54.1 Å². The number of hydrogen-bond donors (Lipinski definition) is 16. The van der Waals surface area contributed by atoms with Gasteiger partial charge in [-0.05, 0) is 68.0 Å². The van der Waals surface area contributed by atoms with Gasteiger partial charge in [-0.2, -0.15) is 0 Å². The van der Waals surface area contributed by atoms with E-state index in [0.717, 1.165) is 6.92 Å². The van der Waals surface area contributed by atoms with Crippen LogP contribution in [-0.2, 0) is 64.8 Å². The van der Waals surface area contributed by atoms with Gasteiger partial charge in [0.25, 0.3) is 7.82 Å². The van der Waals surface area contributed by atoms with Crippen LogP contribution in [0, 0.1) is 5.92 Å². The number of nitrogens with two attached hydrogens (primary N) is 3. The van der Waals surface area contributed by atoms with Gasteiger partial charge in [0.05, 0.1) is 46.6 Å². The summed E-state index contributed by atoms with van der Waals surface area (Å²) in [4.78, 5) is 126. The minimum atomic E-state index is -5.30. The fourth-order valence-corrected chi connectivity index (χ4v) is 7.80. The predicted octanol–water partition coefficient (Wildman–Crippen LogP) is -5.25. The van der Waals surface area contributed by atoms with Gasteiger partial charge in [0.1, 0.15) is 73.0 Å². The lowest BCUT2D eigenvalue weighted by Crippen LogP contribution is -2.63. The fourth-order valence-electron chi connectivity index (χ4n) is 7.09. The first-order chi connectivity index (χ1) is 37.3. The lowest BCUT2D eigenvalue weighted by Gasteiger charge is -2.30. The zero-order valence-corrected chi connectivity index (χ0v) is 46.6. The molecule has 448 valence electrons. The number of phenolic OH excluding ortho intramolecular Hbond substituents is 2. The van der Waals surface area contributed by atoms with Crippen molar-refractivity contribution >= 4 is 61.1 Å². The minimum absolute atomic E-state index is 0.0148. The number of nitrogens with one attached hydrogen (secondary N) is 7. The van der Waals surface area contributed by atoms with Crippen LogP contribution in [0.2, 0.25) is 0 Å². The van der Waals surface area contributed by atoms with Gasteiger partial charge in [-0.25, -0.2) is 4.79 Å². The second kappa shape index (κ2) is 32.9. The number of aliphatic carboxylic acids is 1. The van der Waals surface area contributed by atoms with Crippen molar-refractivity contribution in [3.63, 3.8) is 0 Å². The monoisotopic (exact) mass is 1150 g/mol. The Bertz CT molecular complexity index is 2460. The fraction of sp³-hybridized carbons (Fsp3) is 0.571. The quantitative estimate of drug-likeness (QED) is 0.0101. The van der Waals surface area contributed by atoms with Crippen LogP contribution < -0.4 is 59.3 Å². The van der Waals surface area contributed by atoms with Crippen molar-refractivity contribution in [2.45, 2.75) is 120 Å². The lowest BCUT2D eigenvalue weighted by molar-refractivity contribution is -0.870. The van der Waals surface area contributed by atoms with Crippen molar-refractivity contribution in [1.29, 1.82) is 0 Å². The minimum Gasteiger partial charge on any atom is -0.756 e. The number of likely N-dealkylation sites (N-methyl/N-ethyl adjacent to an activating group) is 1. The number of carbonyl (C=O) groups excluding carboxylic acids is 7. The molecule has 0 aliphatic rings. The van der Waals surface area contributed by atoms with E-state index >= 15 is 0 Å². The molecule has 0 saturated heterocycles. The molecule has 0 aliphatic carbocycles. The van der Waals surface area contributed by atoms with Crippen LogP contribution in [0.1, 0.15) is 58.1 Å². The molecule has 31 heteroatoms. The van der Waals surface area contributed by atoms with Gasteiger partial charge in [-0.3, -0.25) is 43.1 Å². The van der Waals surface area contributed by atoms with Gasteiger partial charge in [0, 0.05) is 19.4 Å². The van der Waals surface area contributed by atoms with Crippen LogP contribution in [-0.4, -0.2) is 203 Å². The third kappa shape index (κ3) is 25.0. The van der Waals surface area contributed by atoms with E-state index in [-0.39, 0.29) is 59.9 Å². The summed E-state index contributed by atoms with van der Waals surface area (Å²) in [6.45, 7) is 2.92. The number of carbonyl (C=O) groups is 8. The first-order valence-corrected chi connectivity index (χ1v) is 26.8.